The first-order valence-electron chi connectivity index (χ1n) is 12.2. The summed E-state index contributed by atoms with van der Waals surface area (Å²) in [6.07, 6.45) is 5.80. The summed E-state index contributed by atoms with van der Waals surface area (Å²) in [6.45, 7) is 7.10. The molecule has 2 aromatic carbocycles. The molecule has 0 bridgehead atoms. The molecule has 188 valence electrons. The first kappa shape index (κ1) is 25.6. The Morgan fingerprint density at radius 3 is 2.62 bits per heavy atom. The van der Waals surface area contributed by atoms with Crippen LogP contribution in [0.15, 0.2) is 54.5 Å². The zero-order chi connectivity index (χ0) is 26.4. The van der Waals surface area contributed by atoms with Gasteiger partial charge in [0.15, 0.2) is 0 Å². The lowest BCUT2D eigenvalue weighted by atomic mass is 9.69. The molecule has 37 heavy (non-hydrogen) atoms. The van der Waals surface area contributed by atoms with Crippen molar-refractivity contribution in [2.45, 2.75) is 45.1 Å². The molecule has 1 fully saturated rings. The van der Waals surface area contributed by atoms with Crippen molar-refractivity contribution < 1.29 is 4.39 Å². The first-order valence-corrected chi connectivity index (χ1v) is 13.3. The number of nitriles is 1. The van der Waals surface area contributed by atoms with E-state index in [9.17, 15) is 9.65 Å². The molecule has 7 nitrogen and oxygen atoms in total. The third kappa shape index (κ3) is 5.34. The van der Waals surface area contributed by atoms with Gasteiger partial charge in [0.1, 0.15) is 19.7 Å². The van der Waals surface area contributed by atoms with Gasteiger partial charge in [0.25, 0.3) is 0 Å². The van der Waals surface area contributed by atoms with Crippen molar-refractivity contribution in [3.63, 3.8) is 0 Å². The SMILES string of the molecule is [B]C(Nc1cc(I)c2ncc(C#N)c(NCC(C)(C)C)c2c1)(C1=CN(C2CC2)NN1)c1ccc(F)cc1. The van der Waals surface area contributed by atoms with Crippen LogP contribution >= 0.6 is 22.6 Å². The highest BCUT2D eigenvalue weighted by Gasteiger charge is 2.37. The minimum absolute atomic E-state index is 0.0153. The molecule has 0 spiro atoms. The lowest BCUT2D eigenvalue weighted by Gasteiger charge is -2.34. The number of anilines is 2. The molecule has 5 rings (SSSR count). The van der Waals surface area contributed by atoms with Crippen molar-refractivity contribution in [1.82, 2.24) is 21.0 Å². The van der Waals surface area contributed by atoms with Crippen LogP contribution in [0.1, 0.15) is 44.7 Å². The molecular weight excluding hydrogens is 579 g/mol. The summed E-state index contributed by atoms with van der Waals surface area (Å²) >= 11 is 2.25. The minimum Gasteiger partial charge on any atom is -0.383 e. The van der Waals surface area contributed by atoms with E-state index in [0.717, 1.165) is 38.7 Å². The first-order chi connectivity index (χ1) is 17.6. The number of benzene rings is 2. The fourth-order valence-corrected chi connectivity index (χ4v) is 5.04. The number of halogens is 2. The van der Waals surface area contributed by atoms with E-state index in [-0.39, 0.29) is 11.2 Å². The van der Waals surface area contributed by atoms with Gasteiger partial charge in [-0.2, -0.15) is 5.26 Å². The van der Waals surface area contributed by atoms with Crippen LogP contribution in [-0.2, 0) is 5.44 Å². The van der Waals surface area contributed by atoms with Crippen molar-refractivity contribution in [3.8, 4) is 6.07 Å². The summed E-state index contributed by atoms with van der Waals surface area (Å²) in [4.78, 5) is 4.56. The molecule has 1 aliphatic heterocycles. The van der Waals surface area contributed by atoms with Crippen LogP contribution in [0.2, 0.25) is 0 Å². The van der Waals surface area contributed by atoms with Gasteiger partial charge in [0, 0.05) is 39.6 Å². The Bertz CT molecular complexity index is 1410. The maximum Gasteiger partial charge on any atom is 0.123 e. The Morgan fingerprint density at radius 2 is 1.97 bits per heavy atom. The van der Waals surface area contributed by atoms with E-state index < -0.39 is 5.44 Å². The van der Waals surface area contributed by atoms with Gasteiger partial charge in [-0.15, -0.1) is 5.53 Å². The lowest BCUT2D eigenvalue weighted by molar-refractivity contribution is 0.260. The number of hydrazine groups is 2. The average molecular weight is 607 g/mol. The maximum atomic E-state index is 13.8. The molecule has 1 saturated carbocycles. The van der Waals surface area contributed by atoms with Crippen molar-refractivity contribution in [3.05, 3.63) is 75.0 Å². The third-order valence-corrected chi connectivity index (χ3v) is 7.26. The van der Waals surface area contributed by atoms with Crippen LogP contribution < -0.4 is 21.6 Å². The average Bonchev–Trinajstić information content (AvgIpc) is 3.58. The van der Waals surface area contributed by atoms with Crippen LogP contribution in [0.25, 0.3) is 10.9 Å². The fourth-order valence-electron chi connectivity index (χ4n) is 4.27. The molecular formula is C27H28BFIN7. The van der Waals surface area contributed by atoms with Crippen LogP contribution in [0.5, 0.6) is 0 Å². The van der Waals surface area contributed by atoms with E-state index in [4.69, 9.17) is 7.85 Å². The molecule has 1 aliphatic carbocycles. The van der Waals surface area contributed by atoms with E-state index in [0.29, 0.717) is 29.4 Å². The zero-order valence-corrected chi connectivity index (χ0v) is 23.1. The minimum atomic E-state index is -1.19. The Kier molecular flexibility index (Phi) is 6.70. The molecule has 0 amide bonds. The number of nitrogens with zero attached hydrogens (tertiary/aromatic N) is 3. The number of pyridine rings is 1. The second-order valence-corrected chi connectivity index (χ2v) is 11.9. The molecule has 3 aromatic rings. The van der Waals surface area contributed by atoms with Gasteiger partial charge in [-0.1, -0.05) is 32.9 Å². The highest BCUT2D eigenvalue weighted by atomic mass is 127. The van der Waals surface area contributed by atoms with Crippen molar-refractivity contribution in [2.75, 3.05) is 17.2 Å². The van der Waals surface area contributed by atoms with Crippen LogP contribution in [0.3, 0.4) is 0 Å². The zero-order valence-electron chi connectivity index (χ0n) is 21.0. The topological polar surface area (TPSA) is 88.0 Å². The van der Waals surface area contributed by atoms with Crippen molar-refractivity contribution in [1.29, 1.82) is 5.26 Å². The monoisotopic (exact) mass is 607 g/mol. The lowest BCUT2D eigenvalue weighted by Crippen LogP contribution is -2.45. The van der Waals surface area contributed by atoms with Gasteiger partial charge in [0.05, 0.1) is 27.9 Å². The van der Waals surface area contributed by atoms with Gasteiger partial charge >= 0.3 is 0 Å². The van der Waals surface area contributed by atoms with E-state index >= 15 is 0 Å². The fraction of sp³-hybridized carbons (Fsp3) is 0.333. The predicted octanol–water partition coefficient (Wildman–Crippen LogP) is 5.07. The summed E-state index contributed by atoms with van der Waals surface area (Å²) in [7, 11) is 7.08. The van der Waals surface area contributed by atoms with Gasteiger partial charge < -0.3 is 16.1 Å². The summed E-state index contributed by atoms with van der Waals surface area (Å²) in [6, 6.07) is 12.8. The second kappa shape index (κ2) is 9.69. The quantitative estimate of drug-likeness (QED) is 0.221. The van der Waals surface area contributed by atoms with Gasteiger partial charge in [-0.25, -0.2) is 4.39 Å². The molecule has 2 radical (unpaired) electrons. The second-order valence-electron chi connectivity index (χ2n) is 10.8. The molecule has 10 heteroatoms. The van der Waals surface area contributed by atoms with Crippen molar-refractivity contribution >= 4 is 52.7 Å². The standard InChI is InChI=1S/C27H28BFIN7/c1-26(2,3)15-33-24-16(12-31)13-32-25-21(24)10-19(11-22(25)30)34-27(28,17-4-6-18(29)7-5-17)23-14-37(36-35-23)20-8-9-20/h4-7,10-11,13-14,20,34-36H,8-9,15H2,1-3H3,(H,32,33). The number of hydrogen-bond acceptors (Lipinski definition) is 7. The molecule has 2 aliphatic rings. The Hall–Kier alpha value is -3.04. The number of aromatic nitrogens is 1. The largest absolute Gasteiger partial charge is 0.383 e. The molecule has 1 unspecified atom stereocenters. The van der Waals surface area contributed by atoms with Crippen LogP contribution in [-0.4, -0.2) is 30.4 Å². The highest BCUT2D eigenvalue weighted by molar-refractivity contribution is 14.1. The number of rotatable bonds is 7. The molecule has 2 heterocycles. The van der Waals surface area contributed by atoms with Gasteiger partial charge in [-0.05, 0) is 70.7 Å². The van der Waals surface area contributed by atoms with E-state index in [1.54, 1.807) is 18.3 Å². The van der Waals surface area contributed by atoms with E-state index in [1.807, 2.05) is 23.3 Å². The number of fused-ring (bicyclic) bond motifs is 1. The Morgan fingerprint density at radius 1 is 1.24 bits per heavy atom. The predicted molar refractivity (Wildman–Crippen MR) is 154 cm³/mol. The molecule has 4 N–H and O–H groups in total. The highest BCUT2D eigenvalue weighted by Crippen LogP contribution is 2.37. The van der Waals surface area contributed by atoms with Crippen molar-refractivity contribution in [2.24, 2.45) is 5.41 Å². The summed E-state index contributed by atoms with van der Waals surface area (Å²) in [5.74, 6) is -0.331. The van der Waals surface area contributed by atoms with Crippen LogP contribution in [0.4, 0.5) is 15.8 Å². The number of nitrogens with one attached hydrogen (secondary N) is 4. The summed E-state index contributed by atoms with van der Waals surface area (Å²) in [5, 5.41) is 19.6. The molecule has 0 saturated heterocycles. The Labute approximate surface area is 231 Å². The normalized spacial score (nSPS) is 17.1. The smallest absolute Gasteiger partial charge is 0.123 e. The Balaban J connectivity index is 1.60. The molecule has 1 atom stereocenters. The van der Waals surface area contributed by atoms with Gasteiger partial charge in [0.2, 0.25) is 0 Å². The summed E-state index contributed by atoms with van der Waals surface area (Å²) < 4.78 is 14.7. The summed E-state index contributed by atoms with van der Waals surface area (Å²) in [5.41, 5.74) is 9.36. The van der Waals surface area contributed by atoms with E-state index in [1.165, 1.54) is 12.1 Å². The van der Waals surface area contributed by atoms with Gasteiger partial charge in [-0.3, -0.25) is 9.99 Å². The number of hydrogen-bond donors (Lipinski definition) is 4. The third-order valence-electron chi connectivity index (χ3n) is 6.43. The van der Waals surface area contributed by atoms with E-state index in [2.05, 4.69) is 76.0 Å². The maximum absolute atomic E-state index is 13.8. The van der Waals surface area contributed by atoms with Crippen LogP contribution in [0, 0.1) is 26.1 Å². The molecule has 1 aromatic heterocycles.